The maximum atomic E-state index is 13.6. The van der Waals surface area contributed by atoms with Crippen molar-refractivity contribution in [1.29, 1.82) is 0 Å². The van der Waals surface area contributed by atoms with Crippen LogP contribution in [0.1, 0.15) is 19.4 Å². The summed E-state index contributed by atoms with van der Waals surface area (Å²) in [5, 5.41) is 5.30. The fourth-order valence-corrected chi connectivity index (χ4v) is 2.56. The highest BCUT2D eigenvalue weighted by molar-refractivity contribution is 7.13. The summed E-state index contributed by atoms with van der Waals surface area (Å²) >= 11 is 1.47. The van der Waals surface area contributed by atoms with Gasteiger partial charge in [0.1, 0.15) is 11.6 Å². The molecule has 0 aliphatic rings. The molecule has 1 nitrogen and oxygen atoms in total. The van der Waals surface area contributed by atoms with Gasteiger partial charge in [-0.2, -0.15) is 0 Å². The molecule has 96 valence electrons. The highest BCUT2D eigenvalue weighted by atomic mass is 32.1. The maximum absolute atomic E-state index is 13.6. The van der Waals surface area contributed by atoms with Gasteiger partial charge >= 0.3 is 0 Å². The van der Waals surface area contributed by atoms with Gasteiger partial charge in [0, 0.05) is 29.1 Å². The predicted molar refractivity (Wildman–Crippen MR) is 71.6 cm³/mol. The summed E-state index contributed by atoms with van der Waals surface area (Å²) in [5.41, 5.74) is 1.57. The number of thiophene rings is 1. The van der Waals surface area contributed by atoms with Crippen molar-refractivity contribution in [2.24, 2.45) is 0 Å². The summed E-state index contributed by atoms with van der Waals surface area (Å²) in [6.45, 7) is 4.91. The Labute approximate surface area is 109 Å². The van der Waals surface area contributed by atoms with Gasteiger partial charge in [-0.05, 0) is 29.1 Å². The molecular weight excluding hydrogens is 252 g/mol. The molecule has 0 aliphatic carbocycles. The zero-order valence-electron chi connectivity index (χ0n) is 10.3. The Hall–Kier alpha value is -1.26. The van der Waals surface area contributed by atoms with Gasteiger partial charge in [0.25, 0.3) is 0 Å². The second-order valence-electron chi connectivity index (χ2n) is 4.48. The number of hydrogen-bond donors (Lipinski definition) is 1. The molecule has 0 aliphatic heterocycles. The van der Waals surface area contributed by atoms with Gasteiger partial charge in [-0.3, -0.25) is 0 Å². The minimum absolute atomic E-state index is 0.413. The minimum Gasteiger partial charge on any atom is -0.310 e. The van der Waals surface area contributed by atoms with Crippen molar-refractivity contribution in [3.63, 3.8) is 0 Å². The van der Waals surface area contributed by atoms with Gasteiger partial charge in [-0.1, -0.05) is 13.8 Å². The van der Waals surface area contributed by atoms with Crippen LogP contribution in [0, 0.1) is 11.6 Å². The number of nitrogens with one attached hydrogen (secondary N) is 1. The van der Waals surface area contributed by atoms with E-state index in [0.29, 0.717) is 11.6 Å². The van der Waals surface area contributed by atoms with Crippen molar-refractivity contribution < 1.29 is 8.78 Å². The van der Waals surface area contributed by atoms with Crippen LogP contribution in [0.2, 0.25) is 0 Å². The molecule has 18 heavy (non-hydrogen) atoms. The van der Waals surface area contributed by atoms with Crippen LogP contribution in [-0.2, 0) is 6.54 Å². The van der Waals surface area contributed by atoms with Gasteiger partial charge in [-0.15, -0.1) is 11.3 Å². The van der Waals surface area contributed by atoms with Crippen LogP contribution in [0.15, 0.2) is 29.6 Å². The van der Waals surface area contributed by atoms with Crippen LogP contribution in [0.25, 0.3) is 10.4 Å². The van der Waals surface area contributed by atoms with E-state index in [9.17, 15) is 8.78 Å². The van der Waals surface area contributed by atoms with E-state index in [1.165, 1.54) is 23.5 Å². The Kier molecular flexibility index (Phi) is 4.09. The summed E-state index contributed by atoms with van der Waals surface area (Å²) < 4.78 is 26.4. The van der Waals surface area contributed by atoms with E-state index >= 15 is 0 Å². The van der Waals surface area contributed by atoms with Crippen molar-refractivity contribution in [1.82, 2.24) is 5.32 Å². The van der Waals surface area contributed by atoms with Crippen molar-refractivity contribution >= 4 is 11.3 Å². The van der Waals surface area contributed by atoms with E-state index in [1.807, 2.05) is 11.4 Å². The minimum atomic E-state index is -0.547. The first-order valence-corrected chi connectivity index (χ1v) is 6.70. The van der Waals surface area contributed by atoms with E-state index in [4.69, 9.17) is 0 Å². The van der Waals surface area contributed by atoms with Crippen LogP contribution in [0.4, 0.5) is 8.78 Å². The molecule has 2 rings (SSSR count). The lowest BCUT2D eigenvalue weighted by atomic mass is 10.1. The molecule has 0 radical (unpaired) electrons. The van der Waals surface area contributed by atoms with Crippen LogP contribution in [0.3, 0.4) is 0 Å². The summed E-state index contributed by atoms with van der Waals surface area (Å²) in [6.07, 6.45) is 0. The van der Waals surface area contributed by atoms with Gasteiger partial charge in [0.05, 0.1) is 0 Å². The van der Waals surface area contributed by atoms with E-state index in [0.717, 1.165) is 23.1 Å². The van der Waals surface area contributed by atoms with Crippen molar-refractivity contribution in [3.8, 4) is 10.4 Å². The van der Waals surface area contributed by atoms with E-state index in [1.54, 1.807) is 0 Å². The molecule has 0 saturated carbocycles. The normalized spacial score (nSPS) is 11.2. The summed E-state index contributed by atoms with van der Waals surface area (Å²) in [4.78, 5) is 0.827. The number of halogens is 2. The lowest BCUT2D eigenvalue weighted by molar-refractivity contribution is 0.585. The molecule has 1 aromatic heterocycles. The molecule has 1 aromatic carbocycles. The molecule has 0 bridgehead atoms. The second kappa shape index (κ2) is 5.59. The zero-order valence-corrected chi connectivity index (χ0v) is 11.2. The Balaban J connectivity index is 2.18. The molecule has 1 heterocycles. The average molecular weight is 267 g/mol. The number of benzene rings is 1. The molecule has 0 saturated heterocycles. The Morgan fingerprint density at radius 3 is 2.67 bits per heavy atom. The highest BCUT2D eigenvalue weighted by Crippen LogP contribution is 2.29. The molecule has 0 spiro atoms. The third-order valence-corrected chi connectivity index (χ3v) is 3.58. The Bertz CT molecular complexity index is 534. The first kappa shape index (κ1) is 13.2. The summed E-state index contributed by atoms with van der Waals surface area (Å²) in [5.74, 6) is -1.06. The number of hydrogen-bond acceptors (Lipinski definition) is 2. The van der Waals surface area contributed by atoms with Crippen molar-refractivity contribution in [2.45, 2.75) is 26.4 Å². The average Bonchev–Trinajstić information content (AvgIpc) is 2.75. The monoisotopic (exact) mass is 267 g/mol. The van der Waals surface area contributed by atoms with Gasteiger partial charge < -0.3 is 5.32 Å². The first-order chi connectivity index (χ1) is 8.56. The highest BCUT2D eigenvalue weighted by Gasteiger charge is 2.09. The molecule has 1 N–H and O–H groups in total. The molecule has 0 fully saturated rings. The fourth-order valence-electron chi connectivity index (χ4n) is 1.62. The third kappa shape index (κ3) is 3.15. The van der Waals surface area contributed by atoms with Crippen LogP contribution < -0.4 is 5.32 Å². The lowest BCUT2D eigenvalue weighted by Gasteiger charge is -2.05. The largest absolute Gasteiger partial charge is 0.310 e. The van der Waals surface area contributed by atoms with E-state index < -0.39 is 11.6 Å². The second-order valence-corrected chi connectivity index (χ2v) is 5.39. The smallest absolute Gasteiger partial charge is 0.134 e. The fraction of sp³-hybridized carbons (Fsp3) is 0.286. The predicted octanol–water partition coefficient (Wildman–Crippen LogP) is 4.19. The first-order valence-electron chi connectivity index (χ1n) is 5.82. The molecule has 4 heteroatoms. The summed E-state index contributed by atoms with van der Waals surface area (Å²) in [6, 6.07) is 6.04. The Morgan fingerprint density at radius 2 is 2.00 bits per heavy atom. The standard InChI is InChI=1S/C14H15F2NS/c1-9(2)17-7-10-5-14(18-8-10)12-4-3-11(15)6-13(12)16/h3-6,8-9,17H,7H2,1-2H3. The Morgan fingerprint density at radius 1 is 1.22 bits per heavy atom. The summed E-state index contributed by atoms with van der Waals surface area (Å²) in [7, 11) is 0. The molecular formula is C14H15F2NS. The molecule has 0 atom stereocenters. The maximum Gasteiger partial charge on any atom is 0.134 e. The molecule has 2 aromatic rings. The van der Waals surface area contributed by atoms with Gasteiger partial charge in [0.2, 0.25) is 0 Å². The van der Waals surface area contributed by atoms with E-state index in [2.05, 4.69) is 19.2 Å². The van der Waals surface area contributed by atoms with Crippen LogP contribution in [0.5, 0.6) is 0 Å². The molecule has 0 unspecified atom stereocenters. The topological polar surface area (TPSA) is 12.0 Å². The van der Waals surface area contributed by atoms with Crippen molar-refractivity contribution in [3.05, 3.63) is 46.8 Å². The van der Waals surface area contributed by atoms with Crippen LogP contribution in [-0.4, -0.2) is 6.04 Å². The quantitative estimate of drug-likeness (QED) is 0.875. The van der Waals surface area contributed by atoms with Gasteiger partial charge in [0.15, 0.2) is 0 Å². The van der Waals surface area contributed by atoms with E-state index in [-0.39, 0.29) is 0 Å². The van der Waals surface area contributed by atoms with Crippen molar-refractivity contribution in [2.75, 3.05) is 0 Å². The number of rotatable bonds is 4. The SMILES string of the molecule is CC(C)NCc1csc(-c2ccc(F)cc2F)c1. The van der Waals surface area contributed by atoms with Crippen LogP contribution >= 0.6 is 11.3 Å². The zero-order chi connectivity index (χ0) is 13.1. The molecule has 0 amide bonds. The lowest BCUT2D eigenvalue weighted by Crippen LogP contribution is -2.21. The van der Waals surface area contributed by atoms with Gasteiger partial charge in [-0.25, -0.2) is 8.78 Å². The third-order valence-electron chi connectivity index (χ3n) is 2.56.